The van der Waals surface area contributed by atoms with E-state index in [1.54, 1.807) is 0 Å². The smallest absolute Gasteiger partial charge is 0.368 e. The number of nitrogens with one attached hydrogen (secondary N) is 2. The topological polar surface area (TPSA) is 50.4 Å². The van der Waals surface area contributed by atoms with Crippen molar-refractivity contribution in [2.75, 3.05) is 20.2 Å². The van der Waals surface area contributed by atoms with E-state index in [4.69, 9.17) is 4.74 Å². The van der Waals surface area contributed by atoms with Gasteiger partial charge in [-0.15, -0.1) is 12.4 Å². The van der Waals surface area contributed by atoms with E-state index in [0.29, 0.717) is 38.8 Å². The Morgan fingerprint density at radius 3 is 2.45 bits per heavy atom. The Labute approximate surface area is 134 Å². The zero-order valence-electron chi connectivity index (χ0n) is 12.7. The first kappa shape index (κ1) is 19.5. The van der Waals surface area contributed by atoms with Gasteiger partial charge in [-0.1, -0.05) is 6.42 Å². The molecule has 1 aliphatic carbocycles. The summed E-state index contributed by atoms with van der Waals surface area (Å²) < 4.78 is 43.8. The molecular weight excluding hydrogens is 321 g/mol. The lowest BCUT2D eigenvalue weighted by molar-refractivity contribution is -0.184. The maximum Gasteiger partial charge on any atom is 0.391 e. The molecule has 0 radical (unpaired) electrons. The molecule has 0 aromatic rings. The fraction of sp³-hybridized carbons (Fsp3) is 0.929. The van der Waals surface area contributed by atoms with Gasteiger partial charge in [0, 0.05) is 13.2 Å². The first-order chi connectivity index (χ1) is 9.87. The highest BCUT2D eigenvalue weighted by Crippen LogP contribution is 2.37. The molecule has 0 bridgehead atoms. The SMILES string of the molecule is COC1(C(=O)NC2CCCC(C(F)(F)F)C2)CCNCC1.Cl. The molecule has 2 rings (SSSR count). The molecule has 4 nitrogen and oxygen atoms in total. The minimum Gasteiger partial charge on any atom is -0.368 e. The number of carbonyl (C=O) groups is 1. The van der Waals surface area contributed by atoms with E-state index in [1.165, 1.54) is 7.11 Å². The highest BCUT2D eigenvalue weighted by Gasteiger charge is 2.44. The van der Waals surface area contributed by atoms with Crippen molar-refractivity contribution < 1.29 is 22.7 Å². The predicted octanol–water partition coefficient (Wildman–Crippen LogP) is 2.41. The Morgan fingerprint density at radius 1 is 1.27 bits per heavy atom. The fourth-order valence-corrected chi connectivity index (χ4v) is 3.29. The van der Waals surface area contributed by atoms with Crippen LogP contribution in [0, 0.1) is 5.92 Å². The van der Waals surface area contributed by atoms with Crippen LogP contribution in [0.4, 0.5) is 13.2 Å². The zero-order chi connectivity index (χ0) is 15.5. The number of hydrogen-bond donors (Lipinski definition) is 2. The molecule has 2 unspecified atom stereocenters. The number of rotatable bonds is 3. The number of piperidine rings is 1. The number of halogens is 4. The molecule has 2 atom stereocenters. The highest BCUT2D eigenvalue weighted by atomic mass is 35.5. The minimum atomic E-state index is -4.17. The molecule has 0 aromatic heterocycles. The maximum absolute atomic E-state index is 12.8. The first-order valence-corrected chi connectivity index (χ1v) is 7.51. The van der Waals surface area contributed by atoms with Gasteiger partial charge in [0.1, 0.15) is 5.60 Å². The Hall–Kier alpha value is -0.530. The van der Waals surface area contributed by atoms with Crippen LogP contribution in [-0.4, -0.2) is 43.9 Å². The minimum absolute atomic E-state index is 0. The summed E-state index contributed by atoms with van der Waals surface area (Å²) in [5.41, 5.74) is -0.892. The molecule has 8 heteroatoms. The third-order valence-corrected chi connectivity index (χ3v) is 4.69. The van der Waals surface area contributed by atoms with Crippen molar-refractivity contribution in [3.05, 3.63) is 0 Å². The van der Waals surface area contributed by atoms with Crippen LogP contribution < -0.4 is 10.6 Å². The van der Waals surface area contributed by atoms with Gasteiger partial charge in [0.25, 0.3) is 5.91 Å². The molecule has 1 heterocycles. The Morgan fingerprint density at radius 2 is 1.91 bits per heavy atom. The van der Waals surface area contributed by atoms with Crippen LogP contribution in [0.3, 0.4) is 0 Å². The second-order valence-electron chi connectivity index (χ2n) is 6.02. The quantitative estimate of drug-likeness (QED) is 0.826. The average Bonchev–Trinajstić information content (AvgIpc) is 2.47. The molecule has 1 saturated carbocycles. The third-order valence-electron chi connectivity index (χ3n) is 4.69. The van der Waals surface area contributed by atoms with Gasteiger partial charge in [-0.3, -0.25) is 4.79 Å². The van der Waals surface area contributed by atoms with Crippen molar-refractivity contribution >= 4 is 18.3 Å². The average molecular weight is 345 g/mol. The van der Waals surface area contributed by atoms with Gasteiger partial charge in [-0.2, -0.15) is 13.2 Å². The van der Waals surface area contributed by atoms with Crippen molar-refractivity contribution in [2.45, 2.75) is 56.3 Å². The van der Waals surface area contributed by atoms with Crippen molar-refractivity contribution in [1.82, 2.24) is 10.6 Å². The largest absolute Gasteiger partial charge is 0.391 e. The molecule has 0 aromatic carbocycles. The number of methoxy groups -OCH3 is 1. The molecule has 0 spiro atoms. The summed E-state index contributed by atoms with van der Waals surface area (Å²) in [7, 11) is 1.49. The van der Waals surface area contributed by atoms with Gasteiger partial charge >= 0.3 is 6.18 Å². The van der Waals surface area contributed by atoms with Crippen molar-refractivity contribution in [3.63, 3.8) is 0 Å². The van der Waals surface area contributed by atoms with E-state index in [1.807, 2.05) is 0 Å². The summed E-state index contributed by atoms with van der Waals surface area (Å²) in [4.78, 5) is 12.4. The van der Waals surface area contributed by atoms with Crippen LogP contribution in [0.25, 0.3) is 0 Å². The van der Waals surface area contributed by atoms with Crippen molar-refractivity contribution in [3.8, 4) is 0 Å². The summed E-state index contributed by atoms with van der Waals surface area (Å²) in [5.74, 6) is -1.57. The highest BCUT2D eigenvalue weighted by molar-refractivity contribution is 5.86. The molecule has 1 saturated heterocycles. The van der Waals surface area contributed by atoms with Crippen LogP contribution >= 0.6 is 12.4 Å². The third kappa shape index (κ3) is 4.49. The number of carbonyl (C=O) groups excluding carboxylic acids is 1. The first-order valence-electron chi connectivity index (χ1n) is 7.51. The molecular formula is C14H24ClF3N2O2. The second-order valence-corrected chi connectivity index (χ2v) is 6.02. The van der Waals surface area contributed by atoms with Gasteiger partial charge in [-0.05, 0) is 45.2 Å². The molecule has 130 valence electrons. The van der Waals surface area contributed by atoms with E-state index in [2.05, 4.69) is 10.6 Å². The van der Waals surface area contributed by atoms with Crippen LogP contribution in [-0.2, 0) is 9.53 Å². The standard InChI is InChI=1S/C14H23F3N2O2.ClH/c1-21-13(5-7-18-8-6-13)12(20)19-11-4-2-3-10(9-11)14(15,16)17;/h10-11,18H,2-9H2,1H3,(H,19,20);1H. The summed E-state index contributed by atoms with van der Waals surface area (Å²) >= 11 is 0. The fourth-order valence-electron chi connectivity index (χ4n) is 3.29. The maximum atomic E-state index is 12.8. The van der Waals surface area contributed by atoms with Gasteiger partial charge in [0.05, 0.1) is 5.92 Å². The molecule has 1 aliphatic heterocycles. The molecule has 2 aliphatic rings. The normalized spacial score (nSPS) is 28.5. The Kier molecular flexibility index (Phi) is 6.95. The van der Waals surface area contributed by atoms with Gasteiger partial charge in [0.15, 0.2) is 0 Å². The molecule has 2 N–H and O–H groups in total. The van der Waals surface area contributed by atoms with E-state index in [9.17, 15) is 18.0 Å². The monoisotopic (exact) mass is 344 g/mol. The Bertz CT molecular complexity index is 374. The van der Waals surface area contributed by atoms with Gasteiger partial charge in [0.2, 0.25) is 0 Å². The summed E-state index contributed by atoms with van der Waals surface area (Å²) in [5, 5.41) is 5.94. The lowest BCUT2D eigenvalue weighted by Gasteiger charge is -2.38. The van der Waals surface area contributed by atoms with Crippen molar-refractivity contribution in [2.24, 2.45) is 5.92 Å². The van der Waals surface area contributed by atoms with E-state index >= 15 is 0 Å². The zero-order valence-corrected chi connectivity index (χ0v) is 13.5. The summed E-state index contributed by atoms with van der Waals surface area (Å²) in [6.45, 7) is 1.36. The number of alkyl halides is 3. The van der Waals surface area contributed by atoms with E-state index in [-0.39, 0.29) is 31.2 Å². The lowest BCUT2D eigenvalue weighted by atomic mass is 9.84. The van der Waals surface area contributed by atoms with Crippen molar-refractivity contribution in [1.29, 1.82) is 0 Å². The lowest BCUT2D eigenvalue weighted by Crippen LogP contribution is -2.56. The second kappa shape index (κ2) is 7.84. The van der Waals surface area contributed by atoms with Crippen LogP contribution in [0.15, 0.2) is 0 Å². The number of amides is 1. The number of ether oxygens (including phenoxy) is 1. The van der Waals surface area contributed by atoms with Crippen LogP contribution in [0.1, 0.15) is 38.5 Å². The summed E-state index contributed by atoms with van der Waals surface area (Å²) in [6.07, 6.45) is -1.83. The van der Waals surface area contributed by atoms with E-state index < -0.39 is 23.7 Å². The number of hydrogen-bond acceptors (Lipinski definition) is 3. The predicted molar refractivity (Wildman–Crippen MR) is 79.0 cm³/mol. The van der Waals surface area contributed by atoms with Crippen LogP contribution in [0.5, 0.6) is 0 Å². The molecule has 22 heavy (non-hydrogen) atoms. The molecule has 2 fully saturated rings. The molecule has 1 amide bonds. The van der Waals surface area contributed by atoms with Crippen LogP contribution in [0.2, 0.25) is 0 Å². The van der Waals surface area contributed by atoms with E-state index in [0.717, 1.165) is 0 Å². The summed E-state index contributed by atoms with van der Waals surface area (Å²) in [6, 6.07) is -0.403. The van der Waals surface area contributed by atoms with Gasteiger partial charge < -0.3 is 15.4 Å². The van der Waals surface area contributed by atoms with Gasteiger partial charge in [-0.25, -0.2) is 0 Å². The Balaban J connectivity index is 0.00000242.